The molecule has 0 aliphatic carbocycles. The highest BCUT2D eigenvalue weighted by molar-refractivity contribution is 5.91. The second-order valence-electron chi connectivity index (χ2n) is 10.4. The minimum absolute atomic E-state index is 0.165. The third kappa shape index (κ3) is 10.2. The van der Waals surface area contributed by atoms with Crippen molar-refractivity contribution in [3.05, 3.63) is 65.0 Å². The molecule has 0 atom stereocenters. The van der Waals surface area contributed by atoms with Crippen LogP contribution in [0.3, 0.4) is 0 Å². The molecular formula is C32H45FO4. The number of rotatable bonds is 16. The van der Waals surface area contributed by atoms with E-state index in [1.165, 1.54) is 82.3 Å². The van der Waals surface area contributed by atoms with Gasteiger partial charge in [-0.1, -0.05) is 96.3 Å². The molecule has 4 nitrogen and oxygen atoms in total. The third-order valence-corrected chi connectivity index (χ3v) is 7.13. The first-order valence-electron chi connectivity index (χ1n) is 14.4. The Labute approximate surface area is 222 Å². The Bertz CT molecular complexity index is 919. The van der Waals surface area contributed by atoms with Crippen LogP contribution in [-0.2, 0) is 15.9 Å². The molecule has 1 aliphatic rings. The van der Waals surface area contributed by atoms with Crippen LogP contribution in [0.15, 0.2) is 42.5 Å². The van der Waals surface area contributed by atoms with Crippen molar-refractivity contribution < 1.29 is 23.4 Å². The van der Waals surface area contributed by atoms with Crippen molar-refractivity contribution in [2.45, 2.75) is 104 Å². The van der Waals surface area contributed by atoms with Crippen molar-refractivity contribution in [3.63, 3.8) is 0 Å². The van der Waals surface area contributed by atoms with Crippen molar-refractivity contribution in [3.8, 4) is 5.75 Å². The van der Waals surface area contributed by atoms with E-state index in [0.29, 0.717) is 30.4 Å². The fraction of sp³-hybridized carbons (Fsp3) is 0.594. The molecule has 1 saturated heterocycles. The lowest BCUT2D eigenvalue weighted by Gasteiger charge is -2.30. The number of benzene rings is 2. The van der Waals surface area contributed by atoms with E-state index in [0.717, 1.165) is 12.8 Å². The van der Waals surface area contributed by atoms with Crippen molar-refractivity contribution in [1.29, 1.82) is 0 Å². The molecule has 0 bridgehead atoms. The molecule has 0 aromatic heterocycles. The van der Waals surface area contributed by atoms with E-state index in [4.69, 9.17) is 14.2 Å². The lowest BCUT2D eigenvalue weighted by molar-refractivity contribution is -0.207. The number of ether oxygens (including phenoxy) is 3. The van der Waals surface area contributed by atoms with E-state index < -0.39 is 18.1 Å². The summed E-state index contributed by atoms with van der Waals surface area (Å²) in [5.41, 5.74) is 1.71. The summed E-state index contributed by atoms with van der Waals surface area (Å²) in [7, 11) is 0. The molecule has 1 heterocycles. The number of carbonyl (C=O) groups excluding carboxylic acids is 1. The van der Waals surface area contributed by atoms with E-state index in [1.54, 1.807) is 24.3 Å². The number of aryl methyl sites for hydroxylation is 1. The van der Waals surface area contributed by atoms with Crippen LogP contribution < -0.4 is 4.74 Å². The summed E-state index contributed by atoms with van der Waals surface area (Å²) >= 11 is 0. The SMILES string of the molecule is CCCCCCCCc1ccc(OC(=O)c2ccc(C3OCC(CCCCCCC)CO3)c(F)c2)cc1. The molecule has 0 unspecified atom stereocenters. The molecule has 0 saturated carbocycles. The smallest absolute Gasteiger partial charge is 0.343 e. The maximum absolute atomic E-state index is 14.9. The summed E-state index contributed by atoms with van der Waals surface area (Å²) in [6.07, 6.45) is 15.2. The maximum atomic E-state index is 14.9. The fourth-order valence-corrected chi connectivity index (χ4v) is 4.77. The van der Waals surface area contributed by atoms with Gasteiger partial charge in [0.1, 0.15) is 11.6 Å². The second kappa shape index (κ2) is 16.6. The zero-order valence-corrected chi connectivity index (χ0v) is 22.8. The molecule has 204 valence electrons. The molecule has 0 N–H and O–H groups in total. The average Bonchev–Trinajstić information content (AvgIpc) is 2.92. The van der Waals surface area contributed by atoms with Gasteiger partial charge in [-0.25, -0.2) is 9.18 Å². The Morgan fingerprint density at radius 3 is 2.11 bits per heavy atom. The fourth-order valence-electron chi connectivity index (χ4n) is 4.77. The van der Waals surface area contributed by atoms with Gasteiger partial charge in [0.05, 0.1) is 18.8 Å². The molecule has 5 heteroatoms. The lowest BCUT2D eigenvalue weighted by atomic mass is 10.0. The Morgan fingerprint density at radius 1 is 0.838 bits per heavy atom. The summed E-state index contributed by atoms with van der Waals surface area (Å²) < 4.78 is 32.0. The number of hydrogen-bond acceptors (Lipinski definition) is 4. The van der Waals surface area contributed by atoms with Crippen molar-refractivity contribution in [2.24, 2.45) is 5.92 Å². The minimum atomic E-state index is -0.736. The zero-order chi connectivity index (χ0) is 26.3. The minimum Gasteiger partial charge on any atom is -0.423 e. The maximum Gasteiger partial charge on any atom is 0.343 e. The van der Waals surface area contributed by atoms with Gasteiger partial charge in [-0.3, -0.25) is 0 Å². The Balaban J connectivity index is 1.42. The predicted octanol–water partition coefficient (Wildman–Crippen LogP) is 8.97. The number of unbranched alkanes of at least 4 members (excludes halogenated alkanes) is 9. The summed E-state index contributed by atoms with van der Waals surface area (Å²) in [5, 5.41) is 0. The average molecular weight is 513 g/mol. The molecule has 37 heavy (non-hydrogen) atoms. The Morgan fingerprint density at radius 2 is 1.46 bits per heavy atom. The summed E-state index contributed by atoms with van der Waals surface area (Å²) in [6.45, 7) is 5.58. The standard InChI is InChI=1S/C32H45FO4/c1-3-5-7-9-11-12-14-25-16-19-28(20-17-25)37-31(34)27-18-21-29(30(33)22-27)32-35-23-26(24-36-32)15-13-10-8-6-4-2/h16-22,26,32H,3-15,23-24H2,1-2H3. The Kier molecular flexibility index (Phi) is 13.1. The lowest BCUT2D eigenvalue weighted by Crippen LogP contribution is -2.27. The first-order chi connectivity index (χ1) is 18.1. The summed E-state index contributed by atoms with van der Waals surface area (Å²) in [6, 6.07) is 11.9. The highest BCUT2D eigenvalue weighted by Gasteiger charge is 2.26. The third-order valence-electron chi connectivity index (χ3n) is 7.13. The van der Waals surface area contributed by atoms with Gasteiger partial charge in [0.25, 0.3) is 0 Å². The van der Waals surface area contributed by atoms with Gasteiger partial charge in [-0.15, -0.1) is 0 Å². The first-order valence-corrected chi connectivity index (χ1v) is 14.4. The highest BCUT2D eigenvalue weighted by atomic mass is 19.1. The molecule has 3 rings (SSSR count). The van der Waals surface area contributed by atoms with Gasteiger partial charge < -0.3 is 14.2 Å². The molecule has 1 aliphatic heterocycles. The van der Waals surface area contributed by atoms with Crippen LogP contribution in [0.1, 0.15) is 119 Å². The normalized spacial score (nSPS) is 17.6. The van der Waals surface area contributed by atoms with Crippen LogP contribution in [0.2, 0.25) is 0 Å². The van der Waals surface area contributed by atoms with Gasteiger partial charge in [-0.2, -0.15) is 0 Å². The molecule has 0 amide bonds. The molecule has 0 radical (unpaired) electrons. The topological polar surface area (TPSA) is 44.8 Å². The van der Waals surface area contributed by atoms with Crippen molar-refractivity contribution in [1.82, 2.24) is 0 Å². The van der Waals surface area contributed by atoms with E-state index in [9.17, 15) is 9.18 Å². The van der Waals surface area contributed by atoms with Crippen molar-refractivity contribution in [2.75, 3.05) is 13.2 Å². The van der Waals surface area contributed by atoms with Gasteiger partial charge in [0.2, 0.25) is 0 Å². The van der Waals surface area contributed by atoms with Gasteiger partial charge in [-0.05, 0) is 49.1 Å². The molecule has 1 fully saturated rings. The van der Waals surface area contributed by atoms with Gasteiger partial charge in [0, 0.05) is 11.5 Å². The van der Waals surface area contributed by atoms with Gasteiger partial charge in [0.15, 0.2) is 6.29 Å². The second-order valence-corrected chi connectivity index (χ2v) is 10.4. The summed E-state index contributed by atoms with van der Waals surface area (Å²) in [5.74, 6) is -0.289. The number of halogens is 1. The Hall–Kier alpha value is -2.24. The van der Waals surface area contributed by atoms with E-state index in [-0.39, 0.29) is 5.56 Å². The molecule has 2 aromatic rings. The van der Waals surface area contributed by atoms with Crippen LogP contribution in [0, 0.1) is 11.7 Å². The van der Waals surface area contributed by atoms with Gasteiger partial charge >= 0.3 is 5.97 Å². The quantitative estimate of drug-likeness (QED) is 0.128. The predicted molar refractivity (Wildman–Crippen MR) is 146 cm³/mol. The number of esters is 1. The van der Waals surface area contributed by atoms with E-state index in [2.05, 4.69) is 13.8 Å². The largest absolute Gasteiger partial charge is 0.423 e. The highest BCUT2D eigenvalue weighted by Crippen LogP contribution is 2.29. The van der Waals surface area contributed by atoms with Crippen LogP contribution in [0.25, 0.3) is 0 Å². The van der Waals surface area contributed by atoms with Crippen LogP contribution >= 0.6 is 0 Å². The van der Waals surface area contributed by atoms with Crippen LogP contribution in [0.5, 0.6) is 5.75 Å². The van der Waals surface area contributed by atoms with E-state index in [1.807, 2.05) is 12.1 Å². The van der Waals surface area contributed by atoms with Crippen molar-refractivity contribution >= 4 is 5.97 Å². The zero-order valence-electron chi connectivity index (χ0n) is 22.8. The van der Waals surface area contributed by atoms with Crippen LogP contribution in [0.4, 0.5) is 4.39 Å². The van der Waals surface area contributed by atoms with E-state index >= 15 is 0 Å². The molecule has 2 aromatic carbocycles. The number of hydrogen-bond donors (Lipinski definition) is 0. The molecular weight excluding hydrogens is 467 g/mol. The number of carbonyl (C=O) groups is 1. The summed E-state index contributed by atoms with van der Waals surface area (Å²) in [4.78, 5) is 12.6. The molecule has 0 spiro atoms. The van der Waals surface area contributed by atoms with Crippen LogP contribution in [-0.4, -0.2) is 19.2 Å². The monoisotopic (exact) mass is 512 g/mol. The first kappa shape index (κ1) is 29.3.